The van der Waals surface area contributed by atoms with Gasteiger partial charge < -0.3 is 5.73 Å². The molecule has 5 heteroatoms. The quantitative estimate of drug-likeness (QED) is 0.930. The van der Waals surface area contributed by atoms with E-state index in [2.05, 4.69) is 30.7 Å². The van der Waals surface area contributed by atoms with E-state index in [1.165, 1.54) is 0 Å². The second kappa shape index (κ2) is 6.20. The summed E-state index contributed by atoms with van der Waals surface area (Å²) in [5.74, 6) is 0. The first kappa shape index (κ1) is 16.1. The largest absolute Gasteiger partial charge is 0.329 e. The van der Waals surface area contributed by atoms with Crippen LogP contribution in [0, 0.1) is 0 Å². The Kier molecular flexibility index (Phi) is 4.98. The summed E-state index contributed by atoms with van der Waals surface area (Å²) in [5, 5.41) is 1.33. The van der Waals surface area contributed by atoms with Gasteiger partial charge in [0, 0.05) is 47.8 Å². The highest BCUT2D eigenvalue weighted by atomic mass is 35.5. The summed E-state index contributed by atoms with van der Waals surface area (Å²) >= 11 is 12.2. The smallest absolute Gasteiger partial charge is 0.0472 e. The zero-order valence-electron chi connectivity index (χ0n) is 12.4. The molecule has 2 rings (SSSR count). The van der Waals surface area contributed by atoms with Crippen molar-refractivity contribution in [3.8, 4) is 0 Å². The SMILES string of the molecule is CN1CCN(C(CN)c2cc(Cl)cc(Cl)c2)CC1(C)C. The minimum absolute atomic E-state index is 0.147. The molecular weight excluding hydrogens is 293 g/mol. The van der Waals surface area contributed by atoms with E-state index in [1.54, 1.807) is 6.07 Å². The van der Waals surface area contributed by atoms with Crippen molar-refractivity contribution >= 4 is 23.2 Å². The molecule has 0 radical (unpaired) electrons. The van der Waals surface area contributed by atoms with E-state index in [0.717, 1.165) is 25.2 Å². The first-order valence-electron chi connectivity index (χ1n) is 6.95. The van der Waals surface area contributed by atoms with Crippen molar-refractivity contribution in [3.63, 3.8) is 0 Å². The molecule has 1 aromatic carbocycles. The molecule has 1 saturated heterocycles. The predicted molar refractivity (Wildman–Crippen MR) is 86.5 cm³/mol. The summed E-state index contributed by atoms with van der Waals surface area (Å²) in [6.07, 6.45) is 0. The number of hydrogen-bond acceptors (Lipinski definition) is 3. The summed E-state index contributed by atoms with van der Waals surface area (Å²) in [4.78, 5) is 4.82. The van der Waals surface area contributed by atoms with Crippen LogP contribution in [0.3, 0.4) is 0 Å². The van der Waals surface area contributed by atoms with Crippen molar-refractivity contribution in [1.82, 2.24) is 9.80 Å². The maximum absolute atomic E-state index is 6.12. The summed E-state index contributed by atoms with van der Waals surface area (Å²) in [5.41, 5.74) is 7.27. The fourth-order valence-corrected chi connectivity index (χ4v) is 3.35. The third kappa shape index (κ3) is 3.46. The van der Waals surface area contributed by atoms with Gasteiger partial charge in [-0.05, 0) is 44.7 Å². The fourth-order valence-electron chi connectivity index (χ4n) is 2.81. The highest BCUT2D eigenvalue weighted by Gasteiger charge is 2.34. The van der Waals surface area contributed by atoms with Gasteiger partial charge in [-0.15, -0.1) is 0 Å². The summed E-state index contributed by atoms with van der Waals surface area (Å²) in [6, 6.07) is 5.86. The number of hydrogen-bond donors (Lipinski definition) is 1. The predicted octanol–water partition coefficient (Wildman–Crippen LogP) is 3.02. The normalized spacial score (nSPS) is 21.9. The maximum atomic E-state index is 6.12. The minimum atomic E-state index is 0.147. The molecule has 0 aliphatic carbocycles. The van der Waals surface area contributed by atoms with Crippen LogP contribution in [0.4, 0.5) is 0 Å². The zero-order chi connectivity index (χ0) is 14.9. The Labute approximate surface area is 131 Å². The van der Waals surface area contributed by atoms with Gasteiger partial charge in [0.1, 0.15) is 0 Å². The lowest BCUT2D eigenvalue weighted by Gasteiger charge is -2.48. The number of halogens is 2. The average molecular weight is 316 g/mol. The van der Waals surface area contributed by atoms with Gasteiger partial charge in [0.15, 0.2) is 0 Å². The average Bonchev–Trinajstić information content (AvgIpc) is 2.33. The lowest BCUT2D eigenvalue weighted by atomic mass is 9.96. The van der Waals surface area contributed by atoms with Crippen molar-refractivity contribution in [1.29, 1.82) is 0 Å². The molecule has 0 spiro atoms. The highest BCUT2D eigenvalue weighted by molar-refractivity contribution is 6.34. The Bertz CT molecular complexity index is 456. The molecule has 20 heavy (non-hydrogen) atoms. The van der Waals surface area contributed by atoms with Crippen LogP contribution in [-0.2, 0) is 0 Å². The van der Waals surface area contributed by atoms with Gasteiger partial charge in [0.05, 0.1) is 0 Å². The van der Waals surface area contributed by atoms with Crippen molar-refractivity contribution in [2.45, 2.75) is 25.4 Å². The topological polar surface area (TPSA) is 32.5 Å². The molecular formula is C15H23Cl2N3. The molecule has 0 saturated carbocycles. The fraction of sp³-hybridized carbons (Fsp3) is 0.600. The van der Waals surface area contributed by atoms with E-state index < -0.39 is 0 Å². The van der Waals surface area contributed by atoms with Crippen LogP contribution in [0.15, 0.2) is 18.2 Å². The van der Waals surface area contributed by atoms with Gasteiger partial charge in [-0.25, -0.2) is 0 Å². The lowest BCUT2D eigenvalue weighted by Crippen LogP contribution is -2.58. The van der Waals surface area contributed by atoms with Crippen LogP contribution in [-0.4, -0.2) is 48.6 Å². The molecule has 1 unspecified atom stereocenters. The molecule has 1 aliphatic rings. The first-order valence-corrected chi connectivity index (χ1v) is 7.70. The Morgan fingerprint density at radius 2 is 1.80 bits per heavy atom. The second-order valence-corrected chi connectivity index (χ2v) is 7.03. The van der Waals surface area contributed by atoms with Crippen LogP contribution in [0.5, 0.6) is 0 Å². The highest BCUT2D eigenvalue weighted by Crippen LogP contribution is 2.30. The summed E-state index contributed by atoms with van der Waals surface area (Å²) in [7, 11) is 2.17. The molecule has 0 aromatic heterocycles. The van der Waals surface area contributed by atoms with E-state index in [-0.39, 0.29) is 11.6 Å². The Morgan fingerprint density at radius 3 is 2.30 bits per heavy atom. The van der Waals surface area contributed by atoms with Crippen molar-refractivity contribution in [2.75, 3.05) is 33.2 Å². The number of piperazine rings is 1. The number of nitrogens with two attached hydrogens (primary N) is 1. The van der Waals surface area contributed by atoms with Gasteiger partial charge in [-0.2, -0.15) is 0 Å². The molecule has 112 valence electrons. The van der Waals surface area contributed by atoms with Crippen LogP contribution in [0.1, 0.15) is 25.5 Å². The summed E-state index contributed by atoms with van der Waals surface area (Å²) in [6.45, 7) is 8.12. The molecule has 0 bridgehead atoms. The molecule has 1 heterocycles. The van der Waals surface area contributed by atoms with Gasteiger partial charge in [0.2, 0.25) is 0 Å². The number of likely N-dealkylation sites (N-methyl/N-ethyl adjacent to an activating group) is 1. The Morgan fingerprint density at radius 1 is 1.20 bits per heavy atom. The van der Waals surface area contributed by atoms with Crippen molar-refractivity contribution < 1.29 is 0 Å². The molecule has 1 fully saturated rings. The van der Waals surface area contributed by atoms with E-state index in [0.29, 0.717) is 16.6 Å². The third-order valence-electron chi connectivity index (χ3n) is 4.28. The van der Waals surface area contributed by atoms with E-state index in [9.17, 15) is 0 Å². The van der Waals surface area contributed by atoms with Crippen molar-refractivity contribution in [3.05, 3.63) is 33.8 Å². The number of nitrogens with zero attached hydrogens (tertiary/aromatic N) is 2. The van der Waals surface area contributed by atoms with Gasteiger partial charge in [-0.1, -0.05) is 23.2 Å². The molecule has 1 atom stereocenters. The molecule has 3 nitrogen and oxygen atoms in total. The summed E-state index contributed by atoms with van der Waals surface area (Å²) < 4.78 is 0. The Balaban J connectivity index is 2.24. The third-order valence-corrected chi connectivity index (χ3v) is 4.72. The minimum Gasteiger partial charge on any atom is -0.329 e. The maximum Gasteiger partial charge on any atom is 0.0472 e. The lowest BCUT2D eigenvalue weighted by molar-refractivity contribution is 0.0180. The Hall–Kier alpha value is -0.320. The van der Waals surface area contributed by atoms with Crippen LogP contribution < -0.4 is 5.73 Å². The van der Waals surface area contributed by atoms with E-state index in [1.807, 2.05) is 12.1 Å². The van der Waals surface area contributed by atoms with Gasteiger partial charge >= 0.3 is 0 Å². The van der Waals surface area contributed by atoms with E-state index in [4.69, 9.17) is 28.9 Å². The van der Waals surface area contributed by atoms with Crippen LogP contribution in [0.2, 0.25) is 10.0 Å². The first-order chi connectivity index (χ1) is 9.33. The standard InChI is InChI=1S/C15H23Cl2N3/c1-15(2)10-20(5-4-19(15)3)14(9-18)11-6-12(16)8-13(17)7-11/h6-8,14H,4-5,9-10,18H2,1-3H3. The van der Waals surface area contributed by atoms with Crippen LogP contribution in [0.25, 0.3) is 0 Å². The molecule has 2 N–H and O–H groups in total. The van der Waals surface area contributed by atoms with Gasteiger partial charge in [-0.3, -0.25) is 9.80 Å². The number of benzene rings is 1. The second-order valence-electron chi connectivity index (χ2n) is 6.16. The molecule has 0 amide bonds. The van der Waals surface area contributed by atoms with Crippen molar-refractivity contribution in [2.24, 2.45) is 5.73 Å². The van der Waals surface area contributed by atoms with E-state index >= 15 is 0 Å². The zero-order valence-corrected chi connectivity index (χ0v) is 13.9. The monoisotopic (exact) mass is 315 g/mol. The number of rotatable bonds is 3. The van der Waals surface area contributed by atoms with Crippen LogP contribution >= 0.6 is 23.2 Å². The molecule has 1 aliphatic heterocycles. The molecule has 1 aromatic rings. The van der Waals surface area contributed by atoms with Gasteiger partial charge in [0.25, 0.3) is 0 Å².